The zero-order valence-electron chi connectivity index (χ0n) is 6.21. The zero-order valence-corrected chi connectivity index (χ0v) is 6.21. The van der Waals surface area contributed by atoms with Crippen LogP contribution in [0.2, 0.25) is 0 Å². The molecule has 1 radical (unpaired) electrons. The van der Waals surface area contributed by atoms with Crippen molar-refractivity contribution in [3.8, 4) is 0 Å². The number of nitrogens with zero attached hydrogens (tertiary/aromatic N) is 2. The fraction of sp³-hybridized carbons (Fsp3) is 0.571. The molecule has 59 valence electrons. The van der Waals surface area contributed by atoms with E-state index in [4.69, 9.17) is 0 Å². The minimum atomic E-state index is -0.221. The second-order valence-corrected chi connectivity index (χ2v) is 2.67. The van der Waals surface area contributed by atoms with Crippen molar-refractivity contribution in [3.05, 3.63) is 11.9 Å². The molecule has 1 aliphatic heterocycles. The molecule has 0 amide bonds. The molecule has 0 saturated carbocycles. The standard InChI is InChI=1S/C7H10N3O/c11-5-6-4-10-3-1-2-8-7(10)9-6/h4H,1-3,5H2,(H,8,9). The van der Waals surface area contributed by atoms with E-state index in [1.54, 1.807) is 0 Å². The van der Waals surface area contributed by atoms with Crippen LogP contribution in [0.1, 0.15) is 12.1 Å². The van der Waals surface area contributed by atoms with E-state index in [1.165, 1.54) is 0 Å². The third-order valence-electron chi connectivity index (χ3n) is 1.83. The monoisotopic (exact) mass is 152 g/mol. The first-order valence-corrected chi connectivity index (χ1v) is 3.78. The summed E-state index contributed by atoms with van der Waals surface area (Å²) < 4.78 is 2.00. The summed E-state index contributed by atoms with van der Waals surface area (Å²) in [7, 11) is 0. The summed E-state index contributed by atoms with van der Waals surface area (Å²) in [5.74, 6) is 0.849. The van der Waals surface area contributed by atoms with Gasteiger partial charge in [-0.15, -0.1) is 0 Å². The van der Waals surface area contributed by atoms with Crippen molar-refractivity contribution < 1.29 is 5.11 Å². The molecule has 1 aliphatic rings. The Balaban J connectivity index is 2.32. The SMILES string of the molecule is [O]Cc1cn2c(n1)NCCC2. The van der Waals surface area contributed by atoms with Gasteiger partial charge in [-0.2, -0.15) is 0 Å². The lowest BCUT2D eigenvalue weighted by Gasteiger charge is -2.14. The predicted molar refractivity (Wildman–Crippen MR) is 39.7 cm³/mol. The second-order valence-electron chi connectivity index (χ2n) is 2.67. The molecule has 4 heteroatoms. The third kappa shape index (κ3) is 1.09. The van der Waals surface area contributed by atoms with Crippen LogP contribution in [0.3, 0.4) is 0 Å². The molecular weight excluding hydrogens is 142 g/mol. The Hall–Kier alpha value is -1.03. The van der Waals surface area contributed by atoms with Gasteiger partial charge in [0.25, 0.3) is 0 Å². The first-order chi connectivity index (χ1) is 5.40. The van der Waals surface area contributed by atoms with Gasteiger partial charge in [-0.25, -0.2) is 10.1 Å². The highest BCUT2D eigenvalue weighted by Gasteiger charge is 2.10. The van der Waals surface area contributed by atoms with Crippen molar-refractivity contribution in [1.29, 1.82) is 0 Å². The van der Waals surface area contributed by atoms with Crippen LogP contribution in [-0.4, -0.2) is 16.1 Å². The van der Waals surface area contributed by atoms with E-state index in [-0.39, 0.29) is 6.61 Å². The average molecular weight is 152 g/mol. The Morgan fingerprint density at radius 1 is 1.73 bits per heavy atom. The first kappa shape index (κ1) is 6.67. The number of imidazole rings is 1. The lowest BCUT2D eigenvalue weighted by Crippen LogP contribution is -2.16. The zero-order chi connectivity index (χ0) is 7.68. The van der Waals surface area contributed by atoms with Crippen LogP contribution in [0.15, 0.2) is 6.20 Å². The first-order valence-electron chi connectivity index (χ1n) is 3.78. The molecule has 0 atom stereocenters. The molecule has 1 N–H and O–H groups in total. The molecule has 2 heterocycles. The van der Waals surface area contributed by atoms with Crippen LogP contribution in [0, 0.1) is 0 Å². The smallest absolute Gasteiger partial charge is 0.203 e. The quantitative estimate of drug-likeness (QED) is 0.641. The summed E-state index contributed by atoms with van der Waals surface area (Å²) >= 11 is 0. The number of fused-ring (bicyclic) bond motifs is 1. The maximum absolute atomic E-state index is 10.4. The van der Waals surface area contributed by atoms with Gasteiger partial charge in [0.2, 0.25) is 5.95 Å². The highest BCUT2D eigenvalue weighted by Crippen LogP contribution is 2.13. The topological polar surface area (TPSA) is 49.8 Å². The number of hydrogen-bond acceptors (Lipinski definition) is 2. The van der Waals surface area contributed by atoms with Crippen LogP contribution >= 0.6 is 0 Å². The molecule has 0 saturated heterocycles. The number of anilines is 1. The molecule has 0 aromatic carbocycles. The molecule has 0 fully saturated rings. The van der Waals surface area contributed by atoms with Crippen LogP contribution in [0.25, 0.3) is 0 Å². The van der Waals surface area contributed by atoms with Gasteiger partial charge in [-0.1, -0.05) is 0 Å². The Bertz CT molecular complexity index is 233. The van der Waals surface area contributed by atoms with E-state index in [1.807, 2.05) is 10.8 Å². The predicted octanol–water partition coefficient (Wildman–Crippen LogP) is 0.629. The molecule has 1 aromatic heterocycles. The normalized spacial score (nSPS) is 15.7. The Morgan fingerprint density at radius 2 is 2.64 bits per heavy atom. The highest BCUT2D eigenvalue weighted by molar-refractivity contribution is 5.30. The van der Waals surface area contributed by atoms with Crippen LogP contribution in [0.5, 0.6) is 0 Å². The maximum atomic E-state index is 10.4. The summed E-state index contributed by atoms with van der Waals surface area (Å²) in [5.41, 5.74) is 0.634. The van der Waals surface area contributed by atoms with Gasteiger partial charge in [0, 0.05) is 19.3 Å². The molecule has 0 spiro atoms. The van der Waals surface area contributed by atoms with Crippen molar-refractivity contribution in [2.45, 2.75) is 19.6 Å². The third-order valence-corrected chi connectivity index (χ3v) is 1.83. The lowest BCUT2D eigenvalue weighted by molar-refractivity contribution is 0.174. The van der Waals surface area contributed by atoms with Crippen molar-refractivity contribution in [2.24, 2.45) is 0 Å². The fourth-order valence-corrected chi connectivity index (χ4v) is 1.30. The second kappa shape index (κ2) is 2.54. The Labute approximate surface area is 64.9 Å². The molecule has 4 nitrogen and oxygen atoms in total. The summed E-state index contributed by atoms with van der Waals surface area (Å²) in [6, 6.07) is 0. The van der Waals surface area contributed by atoms with Gasteiger partial charge < -0.3 is 9.88 Å². The van der Waals surface area contributed by atoms with E-state index in [9.17, 15) is 5.11 Å². The lowest BCUT2D eigenvalue weighted by atomic mass is 10.4. The number of nitrogens with one attached hydrogen (secondary N) is 1. The van der Waals surface area contributed by atoms with E-state index in [2.05, 4.69) is 10.3 Å². The molecule has 0 aliphatic carbocycles. The van der Waals surface area contributed by atoms with E-state index < -0.39 is 0 Å². The van der Waals surface area contributed by atoms with Crippen molar-refractivity contribution in [1.82, 2.24) is 9.55 Å². The number of aryl methyl sites for hydroxylation is 1. The number of aromatic nitrogens is 2. The molecule has 0 unspecified atom stereocenters. The maximum Gasteiger partial charge on any atom is 0.203 e. The van der Waals surface area contributed by atoms with E-state index in [0.29, 0.717) is 5.69 Å². The van der Waals surface area contributed by atoms with Crippen LogP contribution < -0.4 is 5.32 Å². The average Bonchev–Trinajstić information content (AvgIpc) is 2.46. The molecule has 1 aromatic rings. The van der Waals surface area contributed by atoms with E-state index in [0.717, 1.165) is 25.5 Å². The minimum Gasteiger partial charge on any atom is -0.356 e. The molecule has 0 bridgehead atoms. The highest BCUT2D eigenvalue weighted by atomic mass is 16.3. The number of hydrogen-bond donors (Lipinski definition) is 1. The minimum absolute atomic E-state index is 0.221. The van der Waals surface area contributed by atoms with Gasteiger partial charge in [-0.3, -0.25) is 0 Å². The summed E-state index contributed by atoms with van der Waals surface area (Å²) in [6.07, 6.45) is 2.94. The molecular formula is C7H10N3O. The number of rotatable bonds is 1. The summed E-state index contributed by atoms with van der Waals surface area (Å²) in [6.45, 7) is 1.73. The van der Waals surface area contributed by atoms with Crippen LogP contribution in [0.4, 0.5) is 5.95 Å². The van der Waals surface area contributed by atoms with Crippen molar-refractivity contribution >= 4 is 5.95 Å². The Morgan fingerprint density at radius 3 is 3.36 bits per heavy atom. The van der Waals surface area contributed by atoms with E-state index >= 15 is 0 Å². The van der Waals surface area contributed by atoms with Gasteiger partial charge in [0.1, 0.15) is 6.61 Å². The fourth-order valence-electron chi connectivity index (χ4n) is 1.30. The molecule has 2 rings (SSSR count). The molecule has 11 heavy (non-hydrogen) atoms. The summed E-state index contributed by atoms with van der Waals surface area (Å²) in [4.78, 5) is 4.11. The van der Waals surface area contributed by atoms with Gasteiger partial charge >= 0.3 is 0 Å². The Kier molecular flexibility index (Phi) is 1.54. The summed E-state index contributed by atoms with van der Waals surface area (Å²) in [5, 5.41) is 13.6. The van der Waals surface area contributed by atoms with Crippen molar-refractivity contribution in [2.75, 3.05) is 11.9 Å². The van der Waals surface area contributed by atoms with Gasteiger partial charge in [-0.05, 0) is 6.42 Å². The largest absolute Gasteiger partial charge is 0.356 e. The van der Waals surface area contributed by atoms with Crippen LogP contribution in [-0.2, 0) is 18.3 Å². The van der Waals surface area contributed by atoms with Gasteiger partial charge in [0.15, 0.2) is 0 Å². The van der Waals surface area contributed by atoms with Gasteiger partial charge in [0.05, 0.1) is 5.69 Å². The van der Waals surface area contributed by atoms with Crippen molar-refractivity contribution in [3.63, 3.8) is 0 Å².